The van der Waals surface area contributed by atoms with Crippen molar-refractivity contribution in [2.45, 2.75) is 33.7 Å². The van der Waals surface area contributed by atoms with E-state index in [4.69, 9.17) is 0 Å². The second-order valence-corrected chi connectivity index (χ2v) is 4.33. The van der Waals surface area contributed by atoms with E-state index >= 15 is 0 Å². The van der Waals surface area contributed by atoms with E-state index in [1.54, 1.807) is 17.0 Å². The summed E-state index contributed by atoms with van der Waals surface area (Å²) in [6.45, 7) is 7.64. The monoisotopic (exact) mass is 223 g/mol. The summed E-state index contributed by atoms with van der Waals surface area (Å²) in [5, 5.41) is 14.9. The summed E-state index contributed by atoms with van der Waals surface area (Å²) >= 11 is 0. The van der Waals surface area contributed by atoms with Gasteiger partial charge in [-0.1, -0.05) is 13.8 Å². The lowest BCUT2D eigenvalue weighted by molar-refractivity contribution is -0.431. The van der Waals surface area contributed by atoms with Gasteiger partial charge in [-0.05, 0) is 13.8 Å². The SMILES string of the molecule is CC(C)C(=Cc1cnn(C(C)C)c1)[N+](=O)[O-]. The van der Waals surface area contributed by atoms with Crippen LogP contribution in [0.15, 0.2) is 18.1 Å². The quantitative estimate of drug-likeness (QED) is 0.582. The van der Waals surface area contributed by atoms with Gasteiger partial charge in [0.1, 0.15) is 0 Å². The van der Waals surface area contributed by atoms with Crippen LogP contribution in [-0.2, 0) is 0 Å². The molecule has 1 aromatic rings. The van der Waals surface area contributed by atoms with Crippen LogP contribution in [0, 0.1) is 16.0 Å². The molecule has 0 atom stereocenters. The highest BCUT2D eigenvalue weighted by molar-refractivity contribution is 5.49. The van der Waals surface area contributed by atoms with Crippen molar-refractivity contribution < 1.29 is 4.92 Å². The van der Waals surface area contributed by atoms with Crippen LogP contribution in [0.5, 0.6) is 0 Å². The summed E-state index contributed by atoms with van der Waals surface area (Å²) in [6, 6.07) is 0.264. The van der Waals surface area contributed by atoms with Crippen molar-refractivity contribution in [2.24, 2.45) is 5.92 Å². The highest BCUT2D eigenvalue weighted by Gasteiger charge is 2.16. The molecule has 16 heavy (non-hydrogen) atoms. The number of aromatic nitrogens is 2. The third kappa shape index (κ3) is 2.92. The van der Waals surface area contributed by atoms with Gasteiger partial charge in [-0.15, -0.1) is 0 Å². The van der Waals surface area contributed by atoms with Crippen LogP contribution in [0.1, 0.15) is 39.3 Å². The molecule has 0 aliphatic heterocycles. The predicted octanol–water partition coefficient (Wildman–Crippen LogP) is 2.74. The fourth-order valence-corrected chi connectivity index (χ4v) is 1.31. The molecule has 5 nitrogen and oxygen atoms in total. The Hall–Kier alpha value is -1.65. The molecule has 0 aromatic carbocycles. The molecular formula is C11H17N3O2. The molecule has 88 valence electrons. The molecule has 1 rings (SSSR count). The molecule has 0 N–H and O–H groups in total. The first-order chi connectivity index (χ1) is 7.41. The van der Waals surface area contributed by atoms with Gasteiger partial charge in [0.05, 0.1) is 11.1 Å². The van der Waals surface area contributed by atoms with E-state index in [1.807, 2.05) is 33.9 Å². The van der Waals surface area contributed by atoms with Crippen molar-refractivity contribution in [3.8, 4) is 0 Å². The molecule has 1 aromatic heterocycles. The second-order valence-electron chi connectivity index (χ2n) is 4.33. The number of hydrogen-bond donors (Lipinski definition) is 0. The number of rotatable bonds is 4. The van der Waals surface area contributed by atoms with E-state index in [0.717, 1.165) is 5.56 Å². The first-order valence-corrected chi connectivity index (χ1v) is 5.32. The zero-order chi connectivity index (χ0) is 12.3. The Morgan fingerprint density at radius 1 is 1.50 bits per heavy atom. The van der Waals surface area contributed by atoms with Gasteiger partial charge in [0.15, 0.2) is 0 Å². The molecule has 0 radical (unpaired) electrons. The van der Waals surface area contributed by atoms with Crippen molar-refractivity contribution in [1.82, 2.24) is 9.78 Å². The molecule has 0 fully saturated rings. The summed E-state index contributed by atoms with van der Waals surface area (Å²) in [7, 11) is 0. The topological polar surface area (TPSA) is 61.0 Å². The van der Waals surface area contributed by atoms with Gasteiger partial charge in [-0.2, -0.15) is 5.10 Å². The second kappa shape index (κ2) is 4.92. The molecular weight excluding hydrogens is 206 g/mol. The first kappa shape index (κ1) is 12.4. The van der Waals surface area contributed by atoms with Crippen molar-refractivity contribution >= 4 is 6.08 Å². The van der Waals surface area contributed by atoms with Crippen LogP contribution in [0.4, 0.5) is 0 Å². The average molecular weight is 223 g/mol. The number of allylic oxidation sites excluding steroid dienone is 1. The molecule has 0 bridgehead atoms. The highest BCUT2D eigenvalue weighted by Crippen LogP contribution is 2.15. The molecule has 0 unspecified atom stereocenters. The molecule has 0 aliphatic carbocycles. The van der Waals surface area contributed by atoms with Crippen molar-refractivity contribution in [3.63, 3.8) is 0 Å². The third-order valence-corrected chi connectivity index (χ3v) is 2.27. The Kier molecular flexibility index (Phi) is 3.82. The molecule has 0 saturated heterocycles. The summed E-state index contributed by atoms with van der Waals surface area (Å²) in [6.07, 6.45) is 5.04. The molecule has 0 aliphatic rings. The Morgan fingerprint density at radius 2 is 2.12 bits per heavy atom. The van der Waals surface area contributed by atoms with Crippen LogP contribution < -0.4 is 0 Å². The minimum Gasteiger partial charge on any atom is -0.270 e. The fourth-order valence-electron chi connectivity index (χ4n) is 1.31. The zero-order valence-corrected chi connectivity index (χ0v) is 10.0. The molecule has 1 heterocycles. The fraction of sp³-hybridized carbons (Fsp3) is 0.545. The minimum atomic E-state index is -0.336. The lowest BCUT2D eigenvalue weighted by atomic mass is 10.1. The number of hydrogen-bond acceptors (Lipinski definition) is 3. The highest BCUT2D eigenvalue weighted by atomic mass is 16.6. The summed E-state index contributed by atoms with van der Waals surface area (Å²) in [5.74, 6) is -0.0996. The summed E-state index contributed by atoms with van der Waals surface area (Å²) < 4.78 is 1.78. The zero-order valence-electron chi connectivity index (χ0n) is 10.0. The van der Waals surface area contributed by atoms with Crippen LogP contribution in [-0.4, -0.2) is 14.7 Å². The van der Waals surface area contributed by atoms with Gasteiger partial charge in [0.25, 0.3) is 0 Å². The van der Waals surface area contributed by atoms with Gasteiger partial charge >= 0.3 is 0 Å². The standard InChI is InChI=1S/C11H17N3O2/c1-8(2)11(14(15)16)5-10-6-12-13(7-10)9(3)4/h5-9H,1-4H3. The van der Waals surface area contributed by atoms with Crippen molar-refractivity contribution in [1.29, 1.82) is 0 Å². The van der Waals surface area contributed by atoms with Crippen LogP contribution >= 0.6 is 0 Å². The normalized spacial score (nSPS) is 12.5. The van der Waals surface area contributed by atoms with Gasteiger partial charge in [0, 0.05) is 29.8 Å². The number of nitro groups is 1. The molecule has 5 heteroatoms. The van der Waals surface area contributed by atoms with E-state index in [0.29, 0.717) is 0 Å². The Balaban J connectivity index is 2.99. The van der Waals surface area contributed by atoms with Gasteiger partial charge in [-0.3, -0.25) is 14.8 Å². The smallest absolute Gasteiger partial charge is 0.249 e. The Morgan fingerprint density at radius 3 is 2.50 bits per heavy atom. The van der Waals surface area contributed by atoms with Crippen molar-refractivity contribution in [2.75, 3.05) is 0 Å². The van der Waals surface area contributed by atoms with Crippen molar-refractivity contribution in [3.05, 3.63) is 33.8 Å². The third-order valence-electron chi connectivity index (χ3n) is 2.27. The van der Waals surface area contributed by atoms with Gasteiger partial charge in [-0.25, -0.2) is 0 Å². The largest absolute Gasteiger partial charge is 0.270 e. The maximum absolute atomic E-state index is 10.8. The predicted molar refractivity (Wildman–Crippen MR) is 62.4 cm³/mol. The Labute approximate surface area is 94.9 Å². The van der Waals surface area contributed by atoms with Gasteiger partial charge < -0.3 is 0 Å². The number of nitrogens with zero attached hydrogens (tertiary/aromatic N) is 3. The lowest BCUT2D eigenvalue weighted by Gasteiger charge is -2.03. The minimum absolute atomic E-state index is 0.0996. The van der Waals surface area contributed by atoms with Gasteiger partial charge in [0.2, 0.25) is 5.70 Å². The van der Waals surface area contributed by atoms with Crippen LogP contribution in [0.25, 0.3) is 6.08 Å². The van der Waals surface area contributed by atoms with E-state index < -0.39 is 0 Å². The first-order valence-electron chi connectivity index (χ1n) is 5.32. The average Bonchev–Trinajstić information content (AvgIpc) is 2.61. The maximum Gasteiger partial charge on any atom is 0.249 e. The molecule has 0 saturated carbocycles. The van der Waals surface area contributed by atoms with Crippen LogP contribution in [0.3, 0.4) is 0 Å². The lowest BCUT2D eigenvalue weighted by Crippen LogP contribution is -2.05. The summed E-state index contributed by atoms with van der Waals surface area (Å²) in [5.41, 5.74) is 0.984. The maximum atomic E-state index is 10.8. The Bertz CT molecular complexity index is 405. The molecule has 0 amide bonds. The van der Waals surface area contributed by atoms with E-state index in [1.165, 1.54) is 0 Å². The van der Waals surface area contributed by atoms with E-state index in [-0.39, 0.29) is 22.6 Å². The molecule has 0 spiro atoms. The summed E-state index contributed by atoms with van der Waals surface area (Å²) in [4.78, 5) is 10.5. The van der Waals surface area contributed by atoms with Crippen LogP contribution in [0.2, 0.25) is 0 Å². The van der Waals surface area contributed by atoms with E-state index in [9.17, 15) is 10.1 Å². The van der Waals surface area contributed by atoms with E-state index in [2.05, 4.69) is 5.10 Å².